The predicted molar refractivity (Wildman–Crippen MR) is 73.8 cm³/mol. The molecule has 0 aromatic carbocycles. The van der Waals surface area contributed by atoms with Crippen molar-refractivity contribution in [3.05, 3.63) is 11.8 Å². The topological polar surface area (TPSA) is 38.8 Å². The van der Waals surface area contributed by atoms with Crippen molar-refractivity contribution in [3.63, 3.8) is 0 Å². The molecule has 2 fully saturated rings. The van der Waals surface area contributed by atoms with Crippen LogP contribution in [0.4, 0.5) is 4.79 Å². The Labute approximate surface area is 115 Å². The van der Waals surface area contributed by atoms with Crippen molar-refractivity contribution in [2.75, 3.05) is 20.2 Å². The molecule has 2 rings (SSSR count). The number of piperidine rings is 1. The SMILES string of the molecule is COC=C1CC2(CCCN(C(=O)OC(C)(C)C)C2)C1. The van der Waals surface area contributed by atoms with Crippen LogP contribution in [0.15, 0.2) is 11.8 Å². The van der Waals surface area contributed by atoms with Gasteiger partial charge < -0.3 is 14.4 Å². The van der Waals surface area contributed by atoms with Gasteiger partial charge in [-0.25, -0.2) is 4.79 Å². The van der Waals surface area contributed by atoms with E-state index in [9.17, 15) is 4.79 Å². The number of amides is 1. The number of methoxy groups -OCH3 is 1. The van der Waals surface area contributed by atoms with Crippen molar-refractivity contribution in [2.24, 2.45) is 5.41 Å². The number of rotatable bonds is 1. The molecule has 2 aliphatic rings. The molecule has 1 aliphatic heterocycles. The predicted octanol–water partition coefficient (Wildman–Crippen LogP) is 3.33. The Kier molecular flexibility index (Phi) is 3.79. The Bertz CT molecular complexity index is 373. The quantitative estimate of drug-likeness (QED) is 0.684. The van der Waals surface area contributed by atoms with Crippen LogP contribution in [-0.4, -0.2) is 36.8 Å². The Morgan fingerprint density at radius 3 is 2.63 bits per heavy atom. The van der Waals surface area contributed by atoms with Gasteiger partial charge in [0.1, 0.15) is 5.60 Å². The van der Waals surface area contributed by atoms with Crippen LogP contribution in [-0.2, 0) is 9.47 Å². The standard InChI is InChI=1S/C15H25NO3/c1-14(2,3)19-13(17)16-7-5-6-15(11-16)8-12(9-15)10-18-4/h10H,5-9,11H2,1-4H3. The van der Waals surface area contributed by atoms with Gasteiger partial charge in [-0.2, -0.15) is 0 Å². The lowest BCUT2D eigenvalue weighted by Crippen LogP contribution is -2.51. The van der Waals surface area contributed by atoms with E-state index < -0.39 is 5.60 Å². The Morgan fingerprint density at radius 2 is 2.05 bits per heavy atom. The molecule has 0 aromatic rings. The molecule has 0 bridgehead atoms. The van der Waals surface area contributed by atoms with Crippen molar-refractivity contribution in [1.29, 1.82) is 0 Å². The van der Waals surface area contributed by atoms with Crippen molar-refractivity contribution < 1.29 is 14.3 Å². The van der Waals surface area contributed by atoms with Gasteiger partial charge in [-0.05, 0) is 57.4 Å². The van der Waals surface area contributed by atoms with E-state index in [0.717, 1.165) is 32.4 Å². The fourth-order valence-corrected chi connectivity index (χ4v) is 3.14. The van der Waals surface area contributed by atoms with Gasteiger partial charge in [-0.1, -0.05) is 0 Å². The fraction of sp³-hybridized carbons (Fsp3) is 0.800. The minimum Gasteiger partial charge on any atom is -0.504 e. The van der Waals surface area contributed by atoms with Crippen molar-refractivity contribution in [3.8, 4) is 0 Å². The molecule has 0 radical (unpaired) electrons. The van der Waals surface area contributed by atoms with Crippen molar-refractivity contribution >= 4 is 6.09 Å². The minimum absolute atomic E-state index is 0.171. The molecule has 4 heteroatoms. The van der Waals surface area contributed by atoms with E-state index in [0.29, 0.717) is 0 Å². The van der Waals surface area contributed by atoms with Crippen LogP contribution in [0.5, 0.6) is 0 Å². The third-order valence-electron chi connectivity index (χ3n) is 3.80. The lowest BCUT2D eigenvalue weighted by molar-refractivity contribution is -0.00436. The third kappa shape index (κ3) is 3.43. The van der Waals surface area contributed by atoms with Crippen LogP contribution in [0.3, 0.4) is 0 Å². The van der Waals surface area contributed by atoms with Crippen molar-refractivity contribution in [2.45, 2.75) is 52.1 Å². The van der Waals surface area contributed by atoms with E-state index in [4.69, 9.17) is 9.47 Å². The van der Waals surface area contributed by atoms with Gasteiger partial charge in [0.25, 0.3) is 0 Å². The average molecular weight is 267 g/mol. The molecule has 1 spiro atoms. The molecular formula is C15H25NO3. The molecule has 0 atom stereocenters. The number of hydrogen-bond donors (Lipinski definition) is 0. The molecule has 19 heavy (non-hydrogen) atoms. The third-order valence-corrected chi connectivity index (χ3v) is 3.80. The van der Waals surface area contributed by atoms with Gasteiger partial charge in [0.05, 0.1) is 13.4 Å². The summed E-state index contributed by atoms with van der Waals surface area (Å²) < 4.78 is 10.5. The Morgan fingerprint density at radius 1 is 1.37 bits per heavy atom. The molecule has 108 valence electrons. The van der Waals surface area contributed by atoms with Gasteiger partial charge in [-0.3, -0.25) is 0 Å². The Hall–Kier alpha value is -1.19. The number of allylic oxidation sites excluding steroid dienone is 1. The molecule has 4 nitrogen and oxygen atoms in total. The van der Waals surface area contributed by atoms with Crippen LogP contribution in [0.2, 0.25) is 0 Å². The average Bonchev–Trinajstić information content (AvgIpc) is 2.25. The zero-order valence-electron chi connectivity index (χ0n) is 12.5. The molecule has 1 amide bonds. The summed E-state index contributed by atoms with van der Waals surface area (Å²) in [5.74, 6) is 0. The highest BCUT2D eigenvalue weighted by molar-refractivity contribution is 5.68. The van der Waals surface area contributed by atoms with Crippen LogP contribution >= 0.6 is 0 Å². The van der Waals surface area contributed by atoms with E-state index in [1.165, 1.54) is 12.0 Å². The molecule has 1 aliphatic carbocycles. The maximum absolute atomic E-state index is 12.1. The lowest BCUT2D eigenvalue weighted by Gasteiger charge is -2.49. The zero-order valence-corrected chi connectivity index (χ0v) is 12.5. The van der Waals surface area contributed by atoms with Crippen LogP contribution in [0.1, 0.15) is 46.5 Å². The smallest absolute Gasteiger partial charge is 0.410 e. The summed E-state index contributed by atoms with van der Waals surface area (Å²) >= 11 is 0. The summed E-state index contributed by atoms with van der Waals surface area (Å²) in [6.07, 6.45) is 6.06. The van der Waals surface area contributed by atoms with Gasteiger partial charge in [-0.15, -0.1) is 0 Å². The highest BCUT2D eigenvalue weighted by Crippen LogP contribution is 2.50. The summed E-state index contributed by atoms with van der Waals surface area (Å²) in [4.78, 5) is 14.0. The molecular weight excluding hydrogens is 242 g/mol. The normalized spacial score (nSPS) is 26.9. The second kappa shape index (κ2) is 5.06. The van der Waals surface area contributed by atoms with E-state index >= 15 is 0 Å². The second-order valence-electron chi connectivity index (χ2n) is 6.87. The molecule has 1 saturated carbocycles. The summed E-state index contributed by atoms with van der Waals surface area (Å²) in [7, 11) is 1.69. The number of ether oxygens (including phenoxy) is 2. The highest BCUT2D eigenvalue weighted by Gasteiger charge is 2.45. The van der Waals surface area contributed by atoms with Gasteiger partial charge in [0.2, 0.25) is 0 Å². The van der Waals surface area contributed by atoms with E-state index in [1.807, 2.05) is 31.9 Å². The molecule has 0 N–H and O–H groups in total. The monoisotopic (exact) mass is 267 g/mol. The van der Waals surface area contributed by atoms with Crippen LogP contribution in [0.25, 0.3) is 0 Å². The zero-order chi connectivity index (χ0) is 14.1. The first-order valence-corrected chi connectivity index (χ1v) is 7.02. The molecule has 1 heterocycles. The van der Waals surface area contributed by atoms with Gasteiger partial charge in [0, 0.05) is 13.1 Å². The van der Waals surface area contributed by atoms with E-state index in [2.05, 4.69) is 0 Å². The number of hydrogen-bond acceptors (Lipinski definition) is 3. The van der Waals surface area contributed by atoms with E-state index in [-0.39, 0.29) is 11.5 Å². The first kappa shape index (κ1) is 14.2. The summed E-state index contributed by atoms with van der Waals surface area (Å²) in [5, 5.41) is 0. The summed E-state index contributed by atoms with van der Waals surface area (Å²) in [6, 6.07) is 0. The Balaban J connectivity index is 1.92. The minimum atomic E-state index is -0.414. The van der Waals surface area contributed by atoms with Crippen LogP contribution < -0.4 is 0 Å². The largest absolute Gasteiger partial charge is 0.504 e. The lowest BCUT2D eigenvalue weighted by atomic mass is 9.62. The van der Waals surface area contributed by atoms with Crippen LogP contribution in [0, 0.1) is 5.41 Å². The molecule has 1 saturated heterocycles. The fourth-order valence-electron chi connectivity index (χ4n) is 3.14. The summed E-state index contributed by atoms with van der Waals surface area (Å²) in [5.41, 5.74) is 1.22. The van der Waals surface area contributed by atoms with Gasteiger partial charge >= 0.3 is 6.09 Å². The van der Waals surface area contributed by atoms with E-state index in [1.54, 1.807) is 7.11 Å². The summed E-state index contributed by atoms with van der Waals surface area (Å²) in [6.45, 7) is 7.37. The number of carbonyl (C=O) groups excluding carboxylic acids is 1. The number of nitrogens with zero attached hydrogens (tertiary/aromatic N) is 1. The highest BCUT2D eigenvalue weighted by atomic mass is 16.6. The first-order valence-electron chi connectivity index (χ1n) is 7.02. The maximum atomic E-state index is 12.1. The second-order valence-corrected chi connectivity index (χ2v) is 6.87. The molecule has 0 aromatic heterocycles. The first-order chi connectivity index (χ1) is 8.84. The van der Waals surface area contributed by atoms with Crippen molar-refractivity contribution in [1.82, 2.24) is 4.90 Å². The number of likely N-dealkylation sites (tertiary alicyclic amines) is 1. The number of carbonyl (C=O) groups is 1. The maximum Gasteiger partial charge on any atom is 0.410 e. The van der Waals surface area contributed by atoms with Gasteiger partial charge in [0.15, 0.2) is 0 Å². The molecule has 0 unspecified atom stereocenters.